The second-order valence-corrected chi connectivity index (χ2v) is 6.47. The van der Waals surface area contributed by atoms with Gasteiger partial charge in [0.15, 0.2) is 0 Å². The molecule has 1 N–H and O–H groups in total. The van der Waals surface area contributed by atoms with Crippen molar-refractivity contribution in [2.75, 3.05) is 7.05 Å². The molecule has 2 aromatic heterocycles. The number of nitrogens with zero attached hydrogens (tertiary/aromatic N) is 6. The van der Waals surface area contributed by atoms with E-state index in [9.17, 15) is 14.4 Å². The highest BCUT2D eigenvalue weighted by atomic mass is 16.2. The predicted molar refractivity (Wildman–Crippen MR) is 100 cm³/mol. The molecular formula is C19H17N7O3. The molecular weight excluding hydrogens is 374 g/mol. The van der Waals surface area contributed by atoms with Gasteiger partial charge in [0.25, 0.3) is 11.8 Å². The lowest BCUT2D eigenvalue weighted by Gasteiger charge is -2.23. The van der Waals surface area contributed by atoms with Crippen molar-refractivity contribution in [1.29, 1.82) is 0 Å². The number of aromatic nitrogens is 5. The molecule has 1 aromatic carbocycles. The first kappa shape index (κ1) is 18.4. The van der Waals surface area contributed by atoms with Crippen molar-refractivity contribution in [3.8, 4) is 11.4 Å². The first-order chi connectivity index (χ1) is 14.0. The van der Waals surface area contributed by atoms with Gasteiger partial charge in [-0.2, -0.15) is 0 Å². The van der Waals surface area contributed by atoms with Gasteiger partial charge in [0.1, 0.15) is 17.9 Å². The number of amides is 3. The summed E-state index contributed by atoms with van der Waals surface area (Å²) in [4.78, 5) is 47.0. The van der Waals surface area contributed by atoms with Crippen molar-refractivity contribution >= 4 is 17.7 Å². The average molecular weight is 391 g/mol. The molecule has 0 radical (unpaired) electrons. The standard InChI is InChI=1S/C19H17N7O3/c1-11(26-18(28)12-5-3-4-6-13(12)19(26)29)16-17(22-8-7-21-16)14-9-25(24-23-14)10-15(27)20-2/h3-9,11H,10H2,1-2H3,(H,20,27)/t11-/m1/s1. The molecule has 0 bridgehead atoms. The molecule has 0 fully saturated rings. The highest BCUT2D eigenvalue weighted by Gasteiger charge is 2.40. The van der Waals surface area contributed by atoms with Gasteiger partial charge >= 0.3 is 0 Å². The van der Waals surface area contributed by atoms with Crippen molar-refractivity contribution in [1.82, 2.24) is 35.2 Å². The lowest BCUT2D eigenvalue weighted by atomic mass is 10.1. The smallest absolute Gasteiger partial charge is 0.262 e. The molecule has 3 amide bonds. The van der Waals surface area contributed by atoms with Gasteiger partial charge in [-0.25, -0.2) is 4.68 Å². The lowest BCUT2D eigenvalue weighted by Crippen LogP contribution is -2.33. The lowest BCUT2D eigenvalue weighted by molar-refractivity contribution is -0.121. The summed E-state index contributed by atoms with van der Waals surface area (Å²) in [7, 11) is 1.53. The van der Waals surface area contributed by atoms with Gasteiger partial charge in [0, 0.05) is 19.4 Å². The Hall–Kier alpha value is -3.95. The highest BCUT2D eigenvalue weighted by Crippen LogP contribution is 2.33. The summed E-state index contributed by atoms with van der Waals surface area (Å²) in [6.07, 6.45) is 4.55. The van der Waals surface area contributed by atoms with Gasteiger partial charge in [-0.3, -0.25) is 29.3 Å². The molecule has 146 valence electrons. The molecule has 3 aromatic rings. The average Bonchev–Trinajstić information content (AvgIpc) is 3.30. The number of hydrogen-bond donors (Lipinski definition) is 1. The van der Waals surface area contributed by atoms with E-state index in [4.69, 9.17) is 0 Å². The SMILES string of the molecule is CNC(=O)Cn1cc(-c2nccnc2[C@@H](C)N2C(=O)c3ccccc3C2=O)nn1. The van der Waals surface area contributed by atoms with E-state index in [2.05, 4.69) is 25.6 Å². The Labute approximate surface area is 165 Å². The van der Waals surface area contributed by atoms with E-state index >= 15 is 0 Å². The van der Waals surface area contributed by atoms with Crippen molar-refractivity contribution in [3.63, 3.8) is 0 Å². The van der Waals surface area contributed by atoms with Crippen LogP contribution in [-0.4, -0.2) is 54.6 Å². The minimum absolute atomic E-state index is 0.00700. The van der Waals surface area contributed by atoms with Crippen molar-refractivity contribution in [3.05, 3.63) is 59.7 Å². The number of hydrogen-bond acceptors (Lipinski definition) is 7. The zero-order chi connectivity index (χ0) is 20.5. The number of likely N-dealkylation sites (N-methyl/N-ethyl adjacent to an activating group) is 1. The van der Waals surface area contributed by atoms with Gasteiger partial charge in [-0.05, 0) is 19.1 Å². The predicted octanol–water partition coefficient (Wildman–Crippen LogP) is 0.838. The number of imide groups is 1. The van der Waals surface area contributed by atoms with Crippen molar-refractivity contribution in [2.24, 2.45) is 0 Å². The Kier molecular flexibility index (Phi) is 4.59. The van der Waals surface area contributed by atoms with E-state index in [-0.39, 0.29) is 24.3 Å². The number of benzene rings is 1. The molecule has 3 heterocycles. The number of carbonyl (C=O) groups excluding carboxylic acids is 3. The molecule has 0 spiro atoms. The molecule has 0 aliphatic carbocycles. The highest BCUT2D eigenvalue weighted by molar-refractivity contribution is 6.21. The molecule has 29 heavy (non-hydrogen) atoms. The topological polar surface area (TPSA) is 123 Å². The zero-order valence-corrected chi connectivity index (χ0v) is 15.7. The van der Waals surface area contributed by atoms with E-state index in [1.807, 2.05) is 0 Å². The van der Waals surface area contributed by atoms with Crippen LogP contribution in [0.1, 0.15) is 39.4 Å². The van der Waals surface area contributed by atoms with Crippen LogP contribution in [0, 0.1) is 0 Å². The zero-order valence-electron chi connectivity index (χ0n) is 15.7. The summed E-state index contributed by atoms with van der Waals surface area (Å²) >= 11 is 0. The molecule has 1 atom stereocenters. The fourth-order valence-electron chi connectivity index (χ4n) is 3.24. The normalized spacial score (nSPS) is 14.1. The Bertz CT molecular complexity index is 1090. The van der Waals surface area contributed by atoms with Crippen LogP contribution in [0.25, 0.3) is 11.4 Å². The van der Waals surface area contributed by atoms with E-state index in [0.29, 0.717) is 28.2 Å². The maximum Gasteiger partial charge on any atom is 0.262 e. The van der Waals surface area contributed by atoms with Crippen molar-refractivity contribution in [2.45, 2.75) is 19.5 Å². The fourth-order valence-corrected chi connectivity index (χ4v) is 3.24. The summed E-state index contributed by atoms with van der Waals surface area (Å²) < 4.78 is 1.37. The molecule has 1 aliphatic rings. The number of nitrogens with one attached hydrogen (secondary N) is 1. The minimum atomic E-state index is -0.671. The summed E-state index contributed by atoms with van der Waals surface area (Å²) in [5.41, 5.74) is 1.92. The van der Waals surface area contributed by atoms with Crippen molar-refractivity contribution < 1.29 is 14.4 Å². The van der Waals surface area contributed by atoms with Gasteiger partial charge in [0.05, 0.1) is 29.1 Å². The van der Waals surface area contributed by atoms with Gasteiger partial charge in [-0.1, -0.05) is 17.3 Å². The molecule has 0 unspecified atom stereocenters. The Morgan fingerprint density at radius 1 is 1.10 bits per heavy atom. The van der Waals surface area contributed by atoms with Crippen LogP contribution in [0.15, 0.2) is 42.9 Å². The Morgan fingerprint density at radius 3 is 2.41 bits per heavy atom. The van der Waals surface area contributed by atoms with E-state index in [0.717, 1.165) is 0 Å². The first-order valence-electron chi connectivity index (χ1n) is 8.90. The minimum Gasteiger partial charge on any atom is -0.358 e. The second kappa shape index (κ2) is 7.23. The number of rotatable bonds is 5. The molecule has 4 rings (SSSR count). The maximum absolute atomic E-state index is 12.8. The third kappa shape index (κ3) is 3.14. The van der Waals surface area contributed by atoms with Crippen LogP contribution in [0.3, 0.4) is 0 Å². The monoisotopic (exact) mass is 391 g/mol. The number of carbonyl (C=O) groups is 3. The Balaban J connectivity index is 1.68. The largest absolute Gasteiger partial charge is 0.358 e. The van der Waals surface area contributed by atoms with E-state index in [1.165, 1.54) is 29.0 Å². The fraction of sp³-hybridized carbons (Fsp3) is 0.211. The third-order valence-electron chi connectivity index (χ3n) is 4.70. The molecule has 0 saturated heterocycles. The molecule has 0 saturated carbocycles. The first-order valence-corrected chi connectivity index (χ1v) is 8.90. The van der Waals surface area contributed by atoms with Crippen LogP contribution >= 0.6 is 0 Å². The van der Waals surface area contributed by atoms with E-state index in [1.54, 1.807) is 37.4 Å². The van der Waals surface area contributed by atoms with Crippen LogP contribution in [0.5, 0.6) is 0 Å². The molecule has 10 heteroatoms. The van der Waals surface area contributed by atoms with Crippen LogP contribution in [-0.2, 0) is 11.3 Å². The van der Waals surface area contributed by atoms with Gasteiger partial charge < -0.3 is 5.32 Å². The summed E-state index contributed by atoms with van der Waals surface area (Å²) in [5.74, 6) is -0.976. The summed E-state index contributed by atoms with van der Waals surface area (Å²) in [5, 5.41) is 10.5. The van der Waals surface area contributed by atoms with Gasteiger partial charge in [0.2, 0.25) is 5.91 Å². The molecule has 1 aliphatic heterocycles. The molecule has 10 nitrogen and oxygen atoms in total. The van der Waals surface area contributed by atoms with Crippen LogP contribution in [0.4, 0.5) is 0 Å². The quantitative estimate of drug-likeness (QED) is 0.639. The van der Waals surface area contributed by atoms with Gasteiger partial charge in [-0.15, -0.1) is 5.10 Å². The van der Waals surface area contributed by atoms with Crippen LogP contribution in [0.2, 0.25) is 0 Å². The van der Waals surface area contributed by atoms with Crippen LogP contribution < -0.4 is 5.32 Å². The third-order valence-corrected chi connectivity index (χ3v) is 4.70. The Morgan fingerprint density at radius 2 is 1.76 bits per heavy atom. The number of fused-ring (bicyclic) bond motifs is 1. The maximum atomic E-state index is 12.8. The summed E-state index contributed by atoms with van der Waals surface area (Å²) in [6.45, 7) is 1.72. The summed E-state index contributed by atoms with van der Waals surface area (Å²) in [6, 6.07) is 6.03. The van der Waals surface area contributed by atoms with E-state index < -0.39 is 6.04 Å². The second-order valence-electron chi connectivity index (χ2n) is 6.47.